The molecule has 0 amide bonds. The van der Waals surface area contributed by atoms with Crippen molar-refractivity contribution in [1.29, 1.82) is 0 Å². The monoisotopic (exact) mass is 247 g/mol. The number of nitrogens with zero attached hydrogens (tertiary/aromatic N) is 2. The molecule has 0 aliphatic heterocycles. The van der Waals surface area contributed by atoms with Crippen molar-refractivity contribution in [3.63, 3.8) is 0 Å². The van der Waals surface area contributed by atoms with Gasteiger partial charge >= 0.3 is 11.7 Å². The number of nitrogen functional groups attached to an aromatic ring is 1. The third-order valence-electron chi connectivity index (χ3n) is 1.84. The van der Waals surface area contributed by atoms with Gasteiger partial charge in [0.1, 0.15) is 17.1 Å². The molecule has 7 nitrogen and oxygen atoms in total. The summed E-state index contributed by atoms with van der Waals surface area (Å²) in [5.41, 5.74) is 2.57. The minimum Gasteiger partial charge on any atom is -0.481 e. The van der Waals surface area contributed by atoms with Crippen LogP contribution in [0.25, 0.3) is 0 Å². The summed E-state index contributed by atoms with van der Waals surface area (Å²) in [6.07, 6.45) is -3.83. The Kier molecular flexibility index (Phi) is 3.51. The van der Waals surface area contributed by atoms with E-state index in [0.717, 1.165) is 0 Å². The maximum absolute atomic E-state index is 12.4. The summed E-state index contributed by atoms with van der Waals surface area (Å²) in [6.45, 7) is 0. The molecule has 1 aromatic heterocycles. The highest BCUT2D eigenvalue weighted by Crippen LogP contribution is 2.29. The number of alkyl halides is 2. The molecule has 0 spiro atoms. The average Bonchev–Trinajstić information content (AvgIpc) is 2.14. The first kappa shape index (κ1) is 12.7. The van der Waals surface area contributed by atoms with Gasteiger partial charge in [0, 0.05) is 0 Å². The lowest BCUT2D eigenvalue weighted by atomic mass is 10.2. The lowest BCUT2D eigenvalue weighted by molar-refractivity contribution is -0.384. The van der Waals surface area contributed by atoms with Gasteiger partial charge < -0.3 is 10.8 Å². The number of nitro groups is 1. The fourth-order valence-electron chi connectivity index (χ4n) is 1.22. The van der Waals surface area contributed by atoms with Crippen molar-refractivity contribution in [2.75, 3.05) is 5.73 Å². The lowest BCUT2D eigenvalue weighted by Gasteiger charge is -2.06. The molecular formula is C8H7F2N3O4. The van der Waals surface area contributed by atoms with E-state index in [0.29, 0.717) is 6.07 Å². The molecule has 1 heterocycles. The van der Waals surface area contributed by atoms with Gasteiger partial charge in [-0.2, -0.15) is 0 Å². The number of halogens is 2. The number of nitrogens with two attached hydrogens (primary N) is 1. The van der Waals surface area contributed by atoms with Crippen LogP contribution in [0.15, 0.2) is 6.07 Å². The molecule has 0 saturated heterocycles. The first-order valence-electron chi connectivity index (χ1n) is 4.26. The molecule has 0 unspecified atom stereocenters. The Morgan fingerprint density at radius 3 is 2.65 bits per heavy atom. The molecule has 1 rings (SSSR count). The van der Waals surface area contributed by atoms with Crippen LogP contribution in [0.4, 0.5) is 20.2 Å². The van der Waals surface area contributed by atoms with Gasteiger partial charge in [0.05, 0.1) is 11.3 Å². The van der Waals surface area contributed by atoms with Gasteiger partial charge in [0.2, 0.25) is 0 Å². The second kappa shape index (κ2) is 4.68. The first-order valence-corrected chi connectivity index (χ1v) is 4.26. The quantitative estimate of drug-likeness (QED) is 0.608. The minimum absolute atomic E-state index is 0.531. The van der Waals surface area contributed by atoms with Gasteiger partial charge in [0.15, 0.2) is 0 Å². The number of carboxylic acid groups (broad SMARTS) is 1. The van der Waals surface area contributed by atoms with Crippen LogP contribution in [0.1, 0.15) is 17.8 Å². The molecule has 0 aromatic carbocycles. The van der Waals surface area contributed by atoms with Crippen LogP contribution in [-0.2, 0) is 11.2 Å². The zero-order chi connectivity index (χ0) is 13.2. The molecule has 0 aliphatic rings. The Bertz CT molecular complexity index is 478. The molecule has 0 atom stereocenters. The normalized spacial score (nSPS) is 10.5. The highest BCUT2D eigenvalue weighted by molar-refractivity contribution is 5.74. The van der Waals surface area contributed by atoms with Crippen LogP contribution in [0.2, 0.25) is 0 Å². The van der Waals surface area contributed by atoms with Crippen LogP contribution in [-0.4, -0.2) is 21.0 Å². The van der Waals surface area contributed by atoms with E-state index in [2.05, 4.69) is 4.98 Å². The Balaban J connectivity index is 3.38. The number of carboxylic acids is 1. The molecule has 0 aliphatic carbocycles. The van der Waals surface area contributed by atoms with Crippen LogP contribution in [0.3, 0.4) is 0 Å². The maximum Gasteiger partial charge on any atom is 0.314 e. The zero-order valence-corrected chi connectivity index (χ0v) is 8.26. The molecule has 0 bridgehead atoms. The largest absolute Gasteiger partial charge is 0.481 e. The molecule has 92 valence electrons. The fourth-order valence-corrected chi connectivity index (χ4v) is 1.22. The van der Waals surface area contributed by atoms with E-state index < -0.39 is 46.5 Å². The van der Waals surface area contributed by atoms with Crippen molar-refractivity contribution in [1.82, 2.24) is 4.98 Å². The van der Waals surface area contributed by atoms with E-state index in [-0.39, 0.29) is 0 Å². The molecule has 0 radical (unpaired) electrons. The molecule has 3 N–H and O–H groups in total. The highest BCUT2D eigenvalue weighted by Gasteiger charge is 2.25. The number of aliphatic carboxylic acids is 1. The third kappa shape index (κ3) is 2.83. The number of carbonyl (C=O) groups is 1. The second-order valence-corrected chi connectivity index (χ2v) is 3.06. The number of hydrogen-bond acceptors (Lipinski definition) is 5. The fraction of sp³-hybridized carbons (Fsp3) is 0.250. The molecular weight excluding hydrogens is 240 g/mol. The Labute approximate surface area is 93.0 Å². The van der Waals surface area contributed by atoms with Gasteiger partial charge in [-0.1, -0.05) is 0 Å². The second-order valence-electron chi connectivity index (χ2n) is 3.06. The molecule has 0 saturated carbocycles. The van der Waals surface area contributed by atoms with Crippen molar-refractivity contribution in [2.45, 2.75) is 12.8 Å². The third-order valence-corrected chi connectivity index (χ3v) is 1.84. The van der Waals surface area contributed by atoms with Crippen molar-refractivity contribution in [2.24, 2.45) is 0 Å². The smallest absolute Gasteiger partial charge is 0.314 e. The van der Waals surface area contributed by atoms with Crippen LogP contribution in [0.5, 0.6) is 0 Å². The summed E-state index contributed by atoms with van der Waals surface area (Å²) in [5.74, 6) is -1.42. The van der Waals surface area contributed by atoms with Gasteiger partial charge in [0.25, 0.3) is 6.43 Å². The predicted octanol–water partition coefficient (Wildman–Crippen LogP) is 1.14. The summed E-state index contributed by atoms with van der Waals surface area (Å²) in [7, 11) is 0. The van der Waals surface area contributed by atoms with Gasteiger partial charge in [-0.3, -0.25) is 14.9 Å². The summed E-state index contributed by atoms with van der Waals surface area (Å²) < 4.78 is 24.7. The first-order chi connectivity index (χ1) is 7.82. The van der Waals surface area contributed by atoms with Crippen LogP contribution >= 0.6 is 0 Å². The van der Waals surface area contributed by atoms with E-state index in [4.69, 9.17) is 10.8 Å². The summed E-state index contributed by atoms with van der Waals surface area (Å²) in [5, 5.41) is 19.1. The topological polar surface area (TPSA) is 119 Å². The van der Waals surface area contributed by atoms with Crippen molar-refractivity contribution < 1.29 is 23.6 Å². The lowest BCUT2D eigenvalue weighted by Crippen LogP contribution is -2.10. The zero-order valence-electron chi connectivity index (χ0n) is 8.26. The Hall–Kier alpha value is -2.32. The van der Waals surface area contributed by atoms with Crippen molar-refractivity contribution >= 4 is 17.3 Å². The van der Waals surface area contributed by atoms with Gasteiger partial charge in [-0.25, -0.2) is 13.8 Å². The van der Waals surface area contributed by atoms with E-state index in [1.807, 2.05) is 0 Å². The summed E-state index contributed by atoms with van der Waals surface area (Å²) >= 11 is 0. The number of aromatic nitrogens is 1. The highest BCUT2D eigenvalue weighted by atomic mass is 19.3. The molecule has 9 heteroatoms. The van der Waals surface area contributed by atoms with E-state index in [1.165, 1.54) is 0 Å². The van der Waals surface area contributed by atoms with Crippen LogP contribution in [0, 0.1) is 10.1 Å². The number of rotatable bonds is 4. The van der Waals surface area contributed by atoms with Crippen molar-refractivity contribution in [3.05, 3.63) is 27.6 Å². The summed E-state index contributed by atoms with van der Waals surface area (Å²) in [4.78, 5) is 23.3. The van der Waals surface area contributed by atoms with E-state index in [1.54, 1.807) is 0 Å². The van der Waals surface area contributed by atoms with Crippen molar-refractivity contribution in [3.8, 4) is 0 Å². The average molecular weight is 247 g/mol. The Morgan fingerprint density at radius 1 is 1.65 bits per heavy atom. The van der Waals surface area contributed by atoms with Gasteiger partial charge in [-0.05, 0) is 6.07 Å². The predicted molar refractivity (Wildman–Crippen MR) is 51.6 cm³/mol. The standard InChI is InChI=1S/C8H7F2N3O4/c9-8(10)5-1-3(11)7(13(16)17)4(12-5)2-6(14)15/h1,8H,2H2,(H2,11,12)(H,14,15). The maximum atomic E-state index is 12.4. The van der Waals surface area contributed by atoms with E-state index >= 15 is 0 Å². The van der Waals surface area contributed by atoms with Crippen LogP contribution < -0.4 is 5.73 Å². The van der Waals surface area contributed by atoms with Gasteiger partial charge in [-0.15, -0.1) is 0 Å². The molecule has 1 aromatic rings. The Morgan fingerprint density at radius 2 is 2.24 bits per heavy atom. The molecule has 0 fully saturated rings. The number of pyridine rings is 1. The minimum atomic E-state index is -2.98. The number of hydrogen-bond donors (Lipinski definition) is 2. The van der Waals surface area contributed by atoms with E-state index in [9.17, 15) is 23.7 Å². The number of anilines is 1. The SMILES string of the molecule is Nc1cc(C(F)F)nc(CC(=O)O)c1[N+](=O)[O-]. The molecule has 17 heavy (non-hydrogen) atoms. The summed E-state index contributed by atoms with van der Waals surface area (Å²) in [6, 6.07) is 0.661.